The largest absolute Gasteiger partial charge is 0.497 e. The Morgan fingerprint density at radius 1 is 1.12 bits per heavy atom. The number of ether oxygens (including phenoxy) is 2. The summed E-state index contributed by atoms with van der Waals surface area (Å²) in [5.74, 6) is 0.950. The van der Waals surface area contributed by atoms with Crippen LogP contribution in [0.1, 0.15) is 10.4 Å². The maximum Gasteiger partial charge on any atom is 0.322 e. The number of halogens is 1. The van der Waals surface area contributed by atoms with Crippen LogP contribution < -0.4 is 14.8 Å². The third-order valence-electron chi connectivity index (χ3n) is 3.37. The maximum atomic E-state index is 12.2. The lowest BCUT2D eigenvalue weighted by molar-refractivity contribution is 0.102. The molecular weight excluding hydrogens is 346 g/mol. The van der Waals surface area contributed by atoms with Crippen LogP contribution in [0.25, 0.3) is 11.5 Å². The highest BCUT2D eigenvalue weighted by Crippen LogP contribution is 2.33. The Hall–Kier alpha value is -3.06. The number of nitrogens with zero attached hydrogens (tertiary/aromatic N) is 2. The van der Waals surface area contributed by atoms with E-state index in [9.17, 15) is 4.79 Å². The summed E-state index contributed by atoms with van der Waals surface area (Å²) in [6.45, 7) is 0. The van der Waals surface area contributed by atoms with E-state index in [-0.39, 0.29) is 11.9 Å². The van der Waals surface area contributed by atoms with Gasteiger partial charge in [0.25, 0.3) is 11.8 Å². The number of methoxy groups -OCH3 is 2. The Bertz CT molecular complexity index is 910. The first-order valence-electron chi connectivity index (χ1n) is 7.23. The van der Waals surface area contributed by atoms with Gasteiger partial charge in [0, 0.05) is 16.7 Å². The summed E-state index contributed by atoms with van der Waals surface area (Å²) in [5, 5.41) is 10.8. The van der Waals surface area contributed by atoms with Crippen molar-refractivity contribution in [3.63, 3.8) is 0 Å². The van der Waals surface area contributed by atoms with Crippen LogP contribution >= 0.6 is 11.6 Å². The van der Waals surface area contributed by atoms with E-state index in [0.717, 1.165) is 0 Å². The fourth-order valence-corrected chi connectivity index (χ4v) is 2.35. The smallest absolute Gasteiger partial charge is 0.322 e. The van der Waals surface area contributed by atoms with Gasteiger partial charge in [-0.3, -0.25) is 10.1 Å². The molecule has 0 aliphatic heterocycles. The van der Waals surface area contributed by atoms with Crippen LogP contribution in [-0.4, -0.2) is 30.3 Å². The van der Waals surface area contributed by atoms with Crippen molar-refractivity contribution in [3.8, 4) is 23.0 Å². The molecule has 0 spiro atoms. The number of anilines is 1. The molecule has 2 aromatic carbocycles. The SMILES string of the molecule is COc1ccc(-c2nnc(NC(=O)c3cccc(Cl)c3)o2)c(OC)c1. The fraction of sp³-hybridized carbons (Fsp3) is 0.118. The van der Waals surface area contributed by atoms with Crippen molar-refractivity contribution < 1.29 is 18.7 Å². The number of carbonyl (C=O) groups excluding carboxylic acids is 1. The number of hydrogen-bond donors (Lipinski definition) is 1. The zero-order chi connectivity index (χ0) is 17.8. The summed E-state index contributed by atoms with van der Waals surface area (Å²) in [7, 11) is 3.08. The summed E-state index contributed by atoms with van der Waals surface area (Å²) < 4.78 is 16.0. The average molecular weight is 360 g/mol. The number of benzene rings is 2. The first-order chi connectivity index (χ1) is 12.1. The molecule has 3 rings (SSSR count). The highest BCUT2D eigenvalue weighted by molar-refractivity contribution is 6.31. The summed E-state index contributed by atoms with van der Waals surface area (Å²) in [4.78, 5) is 12.2. The molecule has 8 heteroatoms. The second kappa shape index (κ2) is 7.23. The zero-order valence-electron chi connectivity index (χ0n) is 13.4. The number of nitrogens with one attached hydrogen (secondary N) is 1. The Balaban J connectivity index is 1.82. The van der Waals surface area contributed by atoms with Crippen LogP contribution in [0.2, 0.25) is 5.02 Å². The standard InChI is InChI=1S/C17H14ClN3O4/c1-23-12-6-7-13(14(9-12)24-2)16-20-21-17(25-16)19-15(22)10-4-3-5-11(18)8-10/h3-9H,1-2H3,(H,19,21,22). The van der Waals surface area contributed by atoms with Crippen molar-refractivity contribution in [2.75, 3.05) is 19.5 Å². The molecule has 0 unspecified atom stereocenters. The van der Waals surface area contributed by atoms with E-state index in [1.54, 1.807) is 49.6 Å². The van der Waals surface area contributed by atoms with E-state index in [1.165, 1.54) is 7.11 Å². The maximum absolute atomic E-state index is 12.2. The molecule has 1 amide bonds. The molecule has 0 fully saturated rings. The van der Waals surface area contributed by atoms with Crippen LogP contribution in [0, 0.1) is 0 Å². The minimum absolute atomic E-state index is 0.0298. The predicted molar refractivity (Wildman–Crippen MR) is 92.2 cm³/mol. The Morgan fingerprint density at radius 2 is 1.96 bits per heavy atom. The monoisotopic (exact) mass is 359 g/mol. The number of hydrogen-bond acceptors (Lipinski definition) is 6. The molecule has 0 radical (unpaired) electrons. The van der Waals surface area contributed by atoms with Crippen molar-refractivity contribution in [1.29, 1.82) is 0 Å². The first kappa shape index (κ1) is 16.8. The van der Waals surface area contributed by atoms with Gasteiger partial charge in [-0.05, 0) is 30.3 Å². The van der Waals surface area contributed by atoms with Crippen LogP contribution in [0.5, 0.6) is 11.5 Å². The lowest BCUT2D eigenvalue weighted by atomic mass is 10.2. The number of carbonyl (C=O) groups is 1. The summed E-state index contributed by atoms with van der Waals surface area (Å²) in [6.07, 6.45) is 0. The normalized spacial score (nSPS) is 10.4. The Labute approximate surface area is 148 Å². The quantitative estimate of drug-likeness (QED) is 0.748. The van der Waals surface area contributed by atoms with Crippen LogP contribution in [0.15, 0.2) is 46.9 Å². The van der Waals surface area contributed by atoms with Gasteiger partial charge in [-0.2, -0.15) is 0 Å². The number of amides is 1. The molecule has 1 aromatic heterocycles. The van der Waals surface area contributed by atoms with Gasteiger partial charge in [0.15, 0.2) is 0 Å². The van der Waals surface area contributed by atoms with E-state index in [1.807, 2.05) is 0 Å². The first-order valence-corrected chi connectivity index (χ1v) is 7.61. The Kier molecular flexibility index (Phi) is 4.85. The van der Waals surface area contributed by atoms with Gasteiger partial charge in [-0.25, -0.2) is 0 Å². The molecule has 1 N–H and O–H groups in total. The van der Waals surface area contributed by atoms with E-state index >= 15 is 0 Å². The Morgan fingerprint density at radius 3 is 2.68 bits per heavy atom. The fourth-order valence-electron chi connectivity index (χ4n) is 2.16. The lowest BCUT2D eigenvalue weighted by Crippen LogP contribution is -2.11. The number of rotatable bonds is 5. The van der Waals surface area contributed by atoms with E-state index in [2.05, 4.69) is 15.5 Å². The molecule has 25 heavy (non-hydrogen) atoms. The van der Waals surface area contributed by atoms with Gasteiger partial charge in [0.1, 0.15) is 11.5 Å². The highest BCUT2D eigenvalue weighted by atomic mass is 35.5. The van der Waals surface area contributed by atoms with Crippen molar-refractivity contribution >= 4 is 23.5 Å². The minimum Gasteiger partial charge on any atom is -0.497 e. The second-order valence-electron chi connectivity index (χ2n) is 4.94. The third-order valence-corrected chi connectivity index (χ3v) is 3.61. The van der Waals surface area contributed by atoms with Gasteiger partial charge in [0.2, 0.25) is 0 Å². The summed E-state index contributed by atoms with van der Waals surface area (Å²) in [5.41, 5.74) is 0.966. The van der Waals surface area contributed by atoms with Crippen LogP contribution in [0.3, 0.4) is 0 Å². The minimum atomic E-state index is -0.403. The predicted octanol–water partition coefficient (Wildman–Crippen LogP) is 3.66. The molecule has 0 aliphatic carbocycles. The molecule has 0 aliphatic rings. The third kappa shape index (κ3) is 3.72. The molecule has 0 saturated carbocycles. The molecule has 128 valence electrons. The van der Waals surface area contributed by atoms with Gasteiger partial charge in [-0.1, -0.05) is 22.8 Å². The van der Waals surface area contributed by atoms with E-state index < -0.39 is 5.91 Å². The van der Waals surface area contributed by atoms with Gasteiger partial charge < -0.3 is 13.9 Å². The van der Waals surface area contributed by atoms with Crippen molar-refractivity contribution in [1.82, 2.24) is 10.2 Å². The zero-order valence-corrected chi connectivity index (χ0v) is 14.2. The van der Waals surface area contributed by atoms with Crippen molar-refractivity contribution in [2.24, 2.45) is 0 Å². The van der Waals surface area contributed by atoms with Gasteiger partial charge in [0.05, 0.1) is 19.8 Å². The molecule has 0 atom stereocenters. The van der Waals surface area contributed by atoms with Crippen LogP contribution in [-0.2, 0) is 0 Å². The molecule has 7 nitrogen and oxygen atoms in total. The molecule has 1 heterocycles. The van der Waals surface area contributed by atoms with Crippen LogP contribution in [0.4, 0.5) is 6.01 Å². The summed E-state index contributed by atoms with van der Waals surface area (Å²) in [6, 6.07) is 11.7. The van der Waals surface area contributed by atoms with Gasteiger partial charge in [-0.15, -0.1) is 5.10 Å². The average Bonchev–Trinajstić information content (AvgIpc) is 3.09. The molecule has 0 bridgehead atoms. The molecule has 0 saturated heterocycles. The molecule has 3 aromatic rings. The van der Waals surface area contributed by atoms with Gasteiger partial charge >= 0.3 is 6.01 Å². The second-order valence-corrected chi connectivity index (χ2v) is 5.38. The van der Waals surface area contributed by atoms with E-state index in [0.29, 0.717) is 27.6 Å². The van der Waals surface area contributed by atoms with Crippen molar-refractivity contribution in [2.45, 2.75) is 0 Å². The van der Waals surface area contributed by atoms with E-state index in [4.69, 9.17) is 25.5 Å². The highest BCUT2D eigenvalue weighted by Gasteiger charge is 2.16. The lowest BCUT2D eigenvalue weighted by Gasteiger charge is -2.07. The van der Waals surface area contributed by atoms with Crippen molar-refractivity contribution in [3.05, 3.63) is 53.1 Å². The summed E-state index contributed by atoms with van der Waals surface area (Å²) >= 11 is 5.88. The molecular formula is C17H14ClN3O4. The topological polar surface area (TPSA) is 86.5 Å². The number of aromatic nitrogens is 2.